The average Bonchev–Trinajstić information content (AvgIpc) is 2.66. The molecule has 0 aliphatic rings. The Labute approximate surface area is 175 Å². The Morgan fingerprint density at radius 2 is 1.96 bits per heavy atom. The summed E-state index contributed by atoms with van der Waals surface area (Å²) < 4.78 is 0. The Hall–Kier alpha value is -2.54. The standard InChI is InChI=1S/C20H23Cl2N5O/c1-5-7-17(13(3)24-19(28)6-2)25-20-23-9-8-18(26-20)27(4)16-11-14(21)10-15(22)12-16/h5-12,19,24,28H,2H2,1,3-4H3,(H,23,25,26)/b7-5-,17-13-. The average molecular weight is 420 g/mol. The predicted octanol–water partition coefficient (Wildman–Crippen LogP) is 4.86. The van der Waals surface area contributed by atoms with Gasteiger partial charge in [0.15, 0.2) is 0 Å². The van der Waals surface area contributed by atoms with Gasteiger partial charge in [-0.2, -0.15) is 4.98 Å². The monoisotopic (exact) mass is 419 g/mol. The minimum Gasteiger partial charge on any atom is -0.370 e. The third-order valence-electron chi connectivity index (χ3n) is 3.79. The molecule has 0 spiro atoms. The van der Waals surface area contributed by atoms with Gasteiger partial charge in [-0.3, -0.25) is 0 Å². The molecule has 0 saturated carbocycles. The summed E-state index contributed by atoms with van der Waals surface area (Å²) >= 11 is 12.2. The molecule has 148 valence electrons. The van der Waals surface area contributed by atoms with Gasteiger partial charge in [-0.1, -0.05) is 35.9 Å². The maximum atomic E-state index is 9.72. The summed E-state index contributed by atoms with van der Waals surface area (Å²) in [4.78, 5) is 10.7. The van der Waals surface area contributed by atoms with Crippen molar-refractivity contribution in [3.05, 3.63) is 76.7 Å². The smallest absolute Gasteiger partial charge is 0.229 e. The van der Waals surface area contributed by atoms with E-state index in [9.17, 15) is 5.11 Å². The molecule has 8 heteroatoms. The van der Waals surface area contributed by atoms with E-state index in [-0.39, 0.29) is 0 Å². The minimum absolute atomic E-state index is 0.403. The lowest BCUT2D eigenvalue weighted by atomic mass is 10.3. The predicted molar refractivity (Wildman–Crippen MR) is 117 cm³/mol. The first kappa shape index (κ1) is 21.8. The Balaban J connectivity index is 2.30. The highest BCUT2D eigenvalue weighted by molar-refractivity contribution is 6.35. The van der Waals surface area contributed by atoms with Gasteiger partial charge in [-0.15, -0.1) is 0 Å². The molecule has 1 heterocycles. The van der Waals surface area contributed by atoms with Crippen LogP contribution in [0.2, 0.25) is 10.0 Å². The molecule has 3 N–H and O–H groups in total. The maximum absolute atomic E-state index is 9.72. The summed E-state index contributed by atoms with van der Waals surface area (Å²) in [6, 6.07) is 7.07. The van der Waals surface area contributed by atoms with Crippen molar-refractivity contribution < 1.29 is 5.11 Å². The van der Waals surface area contributed by atoms with Crippen LogP contribution in [-0.2, 0) is 0 Å². The highest BCUT2D eigenvalue weighted by atomic mass is 35.5. The number of benzene rings is 1. The van der Waals surface area contributed by atoms with Gasteiger partial charge in [0.1, 0.15) is 12.0 Å². The van der Waals surface area contributed by atoms with E-state index >= 15 is 0 Å². The molecule has 28 heavy (non-hydrogen) atoms. The fraction of sp³-hybridized carbons (Fsp3) is 0.200. The first-order valence-corrected chi connectivity index (χ1v) is 9.30. The molecule has 0 saturated heterocycles. The summed E-state index contributed by atoms with van der Waals surface area (Å²) in [5, 5.41) is 16.9. The number of nitrogens with zero attached hydrogens (tertiary/aromatic N) is 3. The molecule has 0 fully saturated rings. The normalized spacial score (nSPS) is 13.1. The highest BCUT2D eigenvalue weighted by Gasteiger charge is 2.10. The van der Waals surface area contributed by atoms with Gasteiger partial charge in [0.05, 0.1) is 5.70 Å². The first-order chi connectivity index (χ1) is 13.3. The SMILES string of the molecule is C=CC(O)N/C(C)=C(/C=C\C)Nc1nccc(N(C)c2cc(Cl)cc(Cl)c2)n1. The van der Waals surface area contributed by atoms with Crippen molar-refractivity contribution in [2.45, 2.75) is 20.1 Å². The molecular formula is C20H23Cl2N5O. The van der Waals surface area contributed by atoms with Crippen molar-refractivity contribution in [1.82, 2.24) is 15.3 Å². The third kappa shape index (κ3) is 5.99. The van der Waals surface area contributed by atoms with Crippen molar-refractivity contribution in [2.75, 3.05) is 17.3 Å². The summed E-state index contributed by atoms with van der Waals surface area (Å²) in [6.45, 7) is 7.28. The van der Waals surface area contributed by atoms with Crippen molar-refractivity contribution >= 4 is 40.7 Å². The zero-order valence-electron chi connectivity index (χ0n) is 15.9. The van der Waals surface area contributed by atoms with Crippen molar-refractivity contribution in [2.24, 2.45) is 0 Å². The van der Waals surface area contributed by atoms with Crippen LogP contribution in [0.15, 0.2) is 66.7 Å². The van der Waals surface area contributed by atoms with Crippen LogP contribution < -0.4 is 15.5 Å². The van der Waals surface area contributed by atoms with Crippen molar-refractivity contribution in [3.8, 4) is 0 Å². The van der Waals surface area contributed by atoms with Crippen LogP contribution >= 0.6 is 23.2 Å². The molecular weight excluding hydrogens is 397 g/mol. The lowest BCUT2D eigenvalue weighted by molar-refractivity contribution is 0.198. The molecule has 1 aromatic heterocycles. The molecule has 1 aromatic carbocycles. The summed E-state index contributed by atoms with van der Waals surface area (Å²) in [7, 11) is 1.87. The highest BCUT2D eigenvalue weighted by Crippen LogP contribution is 2.28. The Morgan fingerprint density at radius 3 is 2.57 bits per heavy atom. The quantitative estimate of drug-likeness (QED) is 0.322. The second-order valence-corrected chi connectivity index (χ2v) is 6.79. The van der Waals surface area contributed by atoms with Gasteiger partial charge in [-0.25, -0.2) is 4.98 Å². The molecule has 0 bridgehead atoms. The Morgan fingerprint density at radius 1 is 1.29 bits per heavy atom. The number of rotatable bonds is 8. The first-order valence-electron chi connectivity index (χ1n) is 8.54. The van der Waals surface area contributed by atoms with E-state index in [1.165, 1.54) is 6.08 Å². The van der Waals surface area contributed by atoms with Gasteiger partial charge in [0, 0.05) is 34.7 Å². The van der Waals surface area contributed by atoms with E-state index in [4.69, 9.17) is 23.2 Å². The van der Waals surface area contributed by atoms with Crippen LogP contribution in [0.1, 0.15) is 13.8 Å². The van der Waals surface area contributed by atoms with E-state index in [2.05, 4.69) is 27.2 Å². The topological polar surface area (TPSA) is 73.3 Å². The molecule has 6 nitrogen and oxygen atoms in total. The van der Waals surface area contributed by atoms with Crippen LogP contribution in [0.4, 0.5) is 17.5 Å². The number of aromatic nitrogens is 2. The number of hydrogen-bond acceptors (Lipinski definition) is 6. The molecule has 2 aromatic rings. The van der Waals surface area contributed by atoms with Gasteiger partial charge >= 0.3 is 0 Å². The van der Waals surface area contributed by atoms with Gasteiger partial charge in [0.2, 0.25) is 5.95 Å². The molecule has 1 atom stereocenters. The number of aliphatic hydroxyl groups excluding tert-OH is 1. The van der Waals surface area contributed by atoms with E-state index in [1.807, 2.05) is 37.9 Å². The number of nitrogens with one attached hydrogen (secondary N) is 2. The van der Waals surface area contributed by atoms with Crippen molar-refractivity contribution in [1.29, 1.82) is 0 Å². The third-order valence-corrected chi connectivity index (χ3v) is 4.23. The number of hydrogen-bond donors (Lipinski definition) is 3. The number of halogens is 2. The largest absolute Gasteiger partial charge is 0.370 e. The number of anilines is 3. The Kier molecular flexibility index (Phi) is 7.87. The molecule has 2 rings (SSSR count). The maximum Gasteiger partial charge on any atom is 0.229 e. The molecule has 0 aliphatic heterocycles. The van der Waals surface area contributed by atoms with Crippen molar-refractivity contribution in [3.63, 3.8) is 0 Å². The van der Waals surface area contributed by atoms with E-state index in [1.54, 1.807) is 30.5 Å². The molecule has 1 unspecified atom stereocenters. The summed E-state index contributed by atoms with van der Waals surface area (Å²) in [5.41, 5.74) is 2.24. The van der Waals surface area contributed by atoms with Gasteiger partial charge in [0.25, 0.3) is 0 Å². The van der Waals surface area contributed by atoms with Crippen LogP contribution in [0.25, 0.3) is 0 Å². The van der Waals surface area contributed by atoms with E-state index < -0.39 is 6.23 Å². The molecule has 0 aliphatic carbocycles. The molecule has 0 amide bonds. The lowest BCUT2D eigenvalue weighted by Crippen LogP contribution is -2.26. The fourth-order valence-corrected chi connectivity index (χ4v) is 2.88. The Bertz CT molecular complexity index is 878. The fourth-order valence-electron chi connectivity index (χ4n) is 2.37. The van der Waals surface area contributed by atoms with Crippen LogP contribution in [0.5, 0.6) is 0 Å². The zero-order valence-corrected chi connectivity index (χ0v) is 17.5. The second-order valence-electron chi connectivity index (χ2n) is 5.91. The number of allylic oxidation sites excluding steroid dienone is 3. The second kappa shape index (κ2) is 10.1. The lowest BCUT2D eigenvalue weighted by Gasteiger charge is -2.20. The van der Waals surface area contributed by atoms with Gasteiger partial charge < -0.3 is 20.6 Å². The zero-order chi connectivity index (χ0) is 20.7. The summed E-state index contributed by atoms with van der Waals surface area (Å²) in [5.74, 6) is 1.06. The van der Waals surface area contributed by atoms with Crippen LogP contribution in [0.3, 0.4) is 0 Å². The van der Waals surface area contributed by atoms with Crippen LogP contribution in [0, 0.1) is 0 Å². The van der Waals surface area contributed by atoms with Crippen LogP contribution in [-0.4, -0.2) is 28.4 Å². The summed E-state index contributed by atoms with van der Waals surface area (Å²) in [6.07, 6.45) is 5.93. The van der Waals surface area contributed by atoms with E-state index in [0.717, 1.165) is 11.4 Å². The van der Waals surface area contributed by atoms with Gasteiger partial charge in [-0.05, 0) is 50.3 Å². The minimum atomic E-state index is -0.854. The number of aliphatic hydroxyl groups is 1. The molecule has 0 radical (unpaired) electrons. The van der Waals surface area contributed by atoms with E-state index in [0.29, 0.717) is 27.5 Å².